The van der Waals surface area contributed by atoms with Crippen LogP contribution in [-0.2, 0) is 0 Å². The number of benzene rings is 1. The van der Waals surface area contributed by atoms with Crippen molar-refractivity contribution in [3.05, 3.63) is 24.3 Å². The van der Waals surface area contributed by atoms with Gasteiger partial charge in [-0.1, -0.05) is 12.1 Å². The van der Waals surface area contributed by atoms with E-state index in [0.717, 1.165) is 37.2 Å². The molecule has 0 aromatic heterocycles. The minimum absolute atomic E-state index is 0.133. The topological polar surface area (TPSA) is 64.6 Å². The van der Waals surface area contributed by atoms with Crippen LogP contribution < -0.4 is 15.5 Å². The normalized spacial score (nSPS) is 21.6. The summed E-state index contributed by atoms with van der Waals surface area (Å²) in [6.45, 7) is 2.92. The Hall–Kier alpha value is -1.75. The van der Waals surface area contributed by atoms with E-state index < -0.39 is 6.10 Å². The van der Waals surface area contributed by atoms with Crippen molar-refractivity contribution in [2.45, 2.75) is 38.3 Å². The van der Waals surface area contributed by atoms with Gasteiger partial charge in [0.25, 0.3) is 0 Å². The quantitative estimate of drug-likeness (QED) is 0.790. The fourth-order valence-corrected chi connectivity index (χ4v) is 2.52. The Balaban J connectivity index is 2.00. The zero-order valence-corrected chi connectivity index (χ0v) is 12.1. The molecule has 2 rings (SSSR count). The van der Waals surface area contributed by atoms with Gasteiger partial charge in [0, 0.05) is 13.6 Å². The maximum atomic E-state index is 12.0. The minimum Gasteiger partial charge on any atom is -0.391 e. The van der Waals surface area contributed by atoms with E-state index in [1.54, 1.807) is 0 Å². The first-order valence-corrected chi connectivity index (χ1v) is 7.17. The van der Waals surface area contributed by atoms with E-state index in [2.05, 4.69) is 22.5 Å². The van der Waals surface area contributed by atoms with Crippen LogP contribution in [0.5, 0.6) is 0 Å². The molecule has 1 aliphatic carbocycles. The number of carbonyl (C=O) groups excluding carboxylic acids is 1. The number of rotatable bonds is 4. The SMILES string of the molecule is CCN(C)c1ccccc1NC(=O)N[C@@H]1CCC[C@@H]1O. The number of amides is 2. The standard InChI is InChI=1S/C15H23N3O2/c1-3-18(2)13-9-5-4-7-11(13)16-15(20)17-12-8-6-10-14(12)19/h4-5,7,9,12,14,19H,3,6,8,10H2,1-2H3,(H2,16,17,20)/t12-,14+/m1/s1. The lowest BCUT2D eigenvalue weighted by atomic mass is 10.2. The van der Waals surface area contributed by atoms with Crippen LogP contribution in [0.2, 0.25) is 0 Å². The number of nitrogens with zero attached hydrogens (tertiary/aromatic N) is 1. The van der Waals surface area contributed by atoms with Gasteiger partial charge in [-0.05, 0) is 38.3 Å². The molecule has 0 heterocycles. The summed E-state index contributed by atoms with van der Waals surface area (Å²) >= 11 is 0. The predicted molar refractivity (Wildman–Crippen MR) is 81.2 cm³/mol. The molecule has 1 saturated carbocycles. The average molecular weight is 277 g/mol. The van der Waals surface area contributed by atoms with Crippen LogP contribution in [0.4, 0.5) is 16.2 Å². The molecule has 0 radical (unpaired) electrons. The summed E-state index contributed by atoms with van der Waals surface area (Å²) in [5, 5.41) is 15.4. The first-order chi connectivity index (χ1) is 9.61. The van der Waals surface area contributed by atoms with Gasteiger partial charge in [-0.3, -0.25) is 0 Å². The summed E-state index contributed by atoms with van der Waals surface area (Å²) in [7, 11) is 1.99. The molecular weight excluding hydrogens is 254 g/mol. The summed E-state index contributed by atoms with van der Waals surface area (Å²) in [6, 6.07) is 7.31. The molecule has 2 amide bonds. The second kappa shape index (κ2) is 6.61. The van der Waals surface area contributed by atoms with Crippen LogP contribution in [0, 0.1) is 0 Å². The maximum Gasteiger partial charge on any atom is 0.319 e. The van der Waals surface area contributed by atoms with Crippen molar-refractivity contribution in [1.82, 2.24) is 5.32 Å². The van der Waals surface area contributed by atoms with E-state index in [0.29, 0.717) is 0 Å². The number of aliphatic hydroxyl groups is 1. The molecule has 1 aliphatic rings. The number of hydrogen-bond acceptors (Lipinski definition) is 3. The first kappa shape index (κ1) is 14.7. The molecule has 0 bridgehead atoms. The van der Waals surface area contributed by atoms with Crippen molar-refractivity contribution in [3.8, 4) is 0 Å². The van der Waals surface area contributed by atoms with Crippen LogP contribution in [0.1, 0.15) is 26.2 Å². The lowest BCUT2D eigenvalue weighted by molar-refractivity contribution is 0.151. The van der Waals surface area contributed by atoms with E-state index in [4.69, 9.17) is 0 Å². The Labute approximate surface area is 120 Å². The zero-order chi connectivity index (χ0) is 14.5. The molecule has 5 heteroatoms. The van der Waals surface area contributed by atoms with Gasteiger partial charge in [0.05, 0.1) is 23.5 Å². The van der Waals surface area contributed by atoms with E-state index in [1.807, 2.05) is 31.3 Å². The van der Waals surface area contributed by atoms with E-state index in [-0.39, 0.29) is 12.1 Å². The molecule has 20 heavy (non-hydrogen) atoms. The van der Waals surface area contributed by atoms with Gasteiger partial charge in [0.1, 0.15) is 0 Å². The monoisotopic (exact) mass is 277 g/mol. The number of carbonyl (C=O) groups is 1. The highest BCUT2D eigenvalue weighted by atomic mass is 16.3. The van der Waals surface area contributed by atoms with Crippen LogP contribution in [0.25, 0.3) is 0 Å². The molecule has 0 unspecified atom stereocenters. The van der Waals surface area contributed by atoms with Crippen molar-refractivity contribution in [2.75, 3.05) is 23.8 Å². The highest BCUT2D eigenvalue weighted by molar-refractivity contribution is 5.93. The molecule has 0 spiro atoms. The number of urea groups is 1. The molecule has 3 N–H and O–H groups in total. The molecule has 0 saturated heterocycles. The van der Waals surface area contributed by atoms with E-state index in [1.165, 1.54) is 0 Å². The number of para-hydroxylation sites is 2. The lowest BCUT2D eigenvalue weighted by Gasteiger charge is -2.22. The second-order valence-electron chi connectivity index (χ2n) is 5.23. The van der Waals surface area contributed by atoms with Crippen LogP contribution in [0.15, 0.2) is 24.3 Å². The maximum absolute atomic E-state index is 12.0. The highest BCUT2D eigenvalue weighted by Gasteiger charge is 2.26. The Morgan fingerprint density at radius 3 is 2.80 bits per heavy atom. The third-order valence-electron chi connectivity index (χ3n) is 3.83. The van der Waals surface area contributed by atoms with Crippen molar-refractivity contribution in [2.24, 2.45) is 0 Å². The fraction of sp³-hybridized carbons (Fsp3) is 0.533. The number of aliphatic hydroxyl groups excluding tert-OH is 1. The smallest absolute Gasteiger partial charge is 0.319 e. The Morgan fingerprint density at radius 2 is 2.15 bits per heavy atom. The van der Waals surface area contributed by atoms with Crippen molar-refractivity contribution < 1.29 is 9.90 Å². The van der Waals surface area contributed by atoms with Gasteiger partial charge in [0.15, 0.2) is 0 Å². The van der Waals surface area contributed by atoms with Gasteiger partial charge in [0.2, 0.25) is 0 Å². The van der Waals surface area contributed by atoms with Gasteiger partial charge in [-0.15, -0.1) is 0 Å². The van der Waals surface area contributed by atoms with Crippen molar-refractivity contribution >= 4 is 17.4 Å². The van der Waals surface area contributed by atoms with E-state index in [9.17, 15) is 9.90 Å². The zero-order valence-electron chi connectivity index (χ0n) is 12.1. The van der Waals surface area contributed by atoms with Crippen LogP contribution in [-0.4, -0.2) is 36.9 Å². The third kappa shape index (κ3) is 3.42. The molecular formula is C15H23N3O2. The first-order valence-electron chi connectivity index (χ1n) is 7.17. The number of hydrogen-bond donors (Lipinski definition) is 3. The lowest BCUT2D eigenvalue weighted by Crippen LogP contribution is -2.42. The summed E-state index contributed by atoms with van der Waals surface area (Å²) in [5.74, 6) is 0. The second-order valence-corrected chi connectivity index (χ2v) is 5.23. The fourth-order valence-electron chi connectivity index (χ4n) is 2.52. The van der Waals surface area contributed by atoms with Crippen molar-refractivity contribution in [1.29, 1.82) is 0 Å². The summed E-state index contributed by atoms with van der Waals surface area (Å²) in [4.78, 5) is 14.1. The summed E-state index contributed by atoms with van der Waals surface area (Å²) < 4.78 is 0. The summed E-state index contributed by atoms with van der Waals surface area (Å²) in [6.07, 6.45) is 2.14. The summed E-state index contributed by atoms with van der Waals surface area (Å²) in [5.41, 5.74) is 1.76. The number of nitrogens with one attached hydrogen (secondary N) is 2. The number of anilines is 2. The van der Waals surface area contributed by atoms with Gasteiger partial charge >= 0.3 is 6.03 Å². The predicted octanol–water partition coefficient (Wildman–Crippen LogP) is 2.18. The van der Waals surface area contributed by atoms with E-state index >= 15 is 0 Å². The van der Waals surface area contributed by atoms with Crippen LogP contribution >= 0.6 is 0 Å². The van der Waals surface area contributed by atoms with Crippen LogP contribution in [0.3, 0.4) is 0 Å². The third-order valence-corrected chi connectivity index (χ3v) is 3.83. The largest absolute Gasteiger partial charge is 0.391 e. The van der Waals surface area contributed by atoms with Gasteiger partial charge in [-0.25, -0.2) is 4.79 Å². The molecule has 0 aliphatic heterocycles. The molecule has 1 aromatic carbocycles. The van der Waals surface area contributed by atoms with Crippen molar-refractivity contribution in [3.63, 3.8) is 0 Å². The molecule has 1 fully saturated rings. The molecule has 110 valence electrons. The molecule has 5 nitrogen and oxygen atoms in total. The highest BCUT2D eigenvalue weighted by Crippen LogP contribution is 2.24. The Bertz CT molecular complexity index is 464. The Morgan fingerprint density at radius 1 is 1.40 bits per heavy atom. The Kier molecular flexibility index (Phi) is 4.84. The van der Waals surface area contributed by atoms with Gasteiger partial charge in [-0.2, -0.15) is 0 Å². The molecule has 2 atom stereocenters. The minimum atomic E-state index is -0.422. The average Bonchev–Trinajstić information content (AvgIpc) is 2.84. The van der Waals surface area contributed by atoms with Gasteiger partial charge < -0.3 is 20.6 Å². The molecule has 1 aromatic rings.